The topological polar surface area (TPSA) is 60.9 Å². The fourth-order valence-electron chi connectivity index (χ4n) is 5.20. The number of aliphatic hydroxyl groups excluding tert-OH is 1. The maximum atomic E-state index is 12.9. The van der Waals surface area contributed by atoms with Crippen LogP contribution in [-0.2, 0) is 22.4 Å². The molecule has 2 heterocycles. The number of carbonyl (C=O) groups excluding carboxylic acids is 2. The molecule has 35 heavy (non-hydrogen) atoms. The molecule has 5 nitrogen and oxygen atoms in total. The van der Waals surface area contributed by atoms with E-state index in [4.69, 9.17) is 0 Å². The monoisotopic (exact) mass is 464 g/mol. The smallest absolute Gasteiger partial charge is 0.242 e. The average molecular weight is 465 g/mol. The summed E-state index contributed by atoms with van der Waals surface area (Å²) in [5.74, 6) is 6.28. The molecule has 2 saturated heterocycles. The fraction of sp³-hybridized carbons (Fsp3) is 0.267. The molecule has 2 amide bonds. The van der Waals surface area contributed by atoms with E-state index >= 15 is 0 Å². The highest BCUT2D eigenvalue weighted by Gasteiger charge is 2.54. The standard InChI is InChI=1S/C30H28N2O3/c33-21-27-30(25-16-14-23(15-17-25)13-7-12-22-8-3-1-4-9-22)26-19-31(20-29(35)32(26)27)28(34)18-24-10-5-2-6-11-24/h1-6,8-11,14-17,26-27,30,33H,12,18-21H2/t26-,27-,30+/m1/s1. The fourth-order valence-corrected chi connectivity index (χ4v) is 5.20. The first-order valence-electron chi connectivity index (χ1n) is 12.0. The number of piperazine rings is 1. The molecule has 2 aliphatic heterocycles. The Bertz CT molecular complexity index is 1250. The van der Waals surface area contributed by atoms with Gasteiger partial charge in [-0.25, -0.2) is 0 Å². The number of hydrogen-bond donors (Lipinski definition) is 1. The van der Waals surface area contributed by atoms with Crippen molar-refractivity contribution < 1.29 is 14.7 Å². The number of benzene rings is 3. The van der Waals surface area contributed by atoms with Gasteiger partial charge >= 0.3 is 0 Å². The molecule has 2 aliphatic rings. The van der Waals surface area contributed by atoms with Gasteiger partial charge in [-0.3, -0.25) is 9.59 Å². The van der Waals surface area contributed by atoms with Gasteiger partial charge in [0.25, 0.3) is 0 Å². The Kier molecular flexibility index (Phi) is 6.65. The van der Waals surface area contributed by atoms with Gasteiger partial charge in [-0.2, -0.15) is 0 Å². The minimum Gasteiger partial charge on any atom is -0.394 e. The van der Waals surface area contributed by atoms with Gasteiger partial charge < -0.3 is 14.9 Å². The van der Waals surface area contributed by atoms with Gasteiger partial charge in [0.1, 0.15) is 0 Å². The van der Waals surface area contributed by atoms with Crippen LogP contribution in [0.3, 0.4) is 0 Å². The van der Waals surface area contributed by atoms with Crippen LogP contribution in [0.2, 0.25) is 0 Å². The zero-order valence-electron chi connectivity index (χ0n) is 19.5. The summed E-state index contributed by atoms with van der Waals surface area (Å²) in [6.07, 6.45) is 0.981. The van der Waals surface area contributed by atoms with Gasteiger partial charge in [-0.1, -0.05) is 84.6 Å². The van der Waals surface area contributed by atoms with Gasteiger partial charge in [0.2, 0.25) is 11.8 Å². The summed E-state index contributed by atoms with van der Waals surface area (Å²) < 4.78 is 0. The summed E-state index contributed by atoms with van der Waals surface area (Å²) in [5.41, 5.74) is 4.12. The van der Waals surface area contributed by atoms with Crippen molar-refractivity contribution in [3.63, 3.8) is 0 Å². The van der Waals surface area contributed by atoms with Crippen molar-refractivity contribution in [2.75, 3.05) is 19.7 Å². The summed E-state index contributed by atoms with van der Waals surface area (Å²) in [6, 6.07) is 27.4. The van der Waals surface area contributed by atoms with Crippen molar-refractivity contribution in [1.82, 2.24) is 9.80 Å². The zero-order chi connectivity index (χ0) is 24.2. The van der Waals surface area contributed by atoms with E-state index in [0.29, 0.717) is 13.0 Å². The summed E-state index contributed by atoms with van der Waals surface area (Å²) in [7, 11) is 0. The van der Waals surface area contributed by atoms with E-state index in [1.165, 1.54) is 5.56 Å². The lowest BCUT2D eigenvalue weighted by molar-refractivity contribution is -0.166. The van der Waals surface area contributed by atoms with Crippen molar-refractivity contribution in [1.29, 1.82) is 0 Å². The minimum atomic E-state index is -0.256. The molecule has 5 heteroatoms. The molecule has 176 valence electrons. The second-order valence-corrected chi connectivity index (χ2v) is 9.17. The van der Waals surface area contributed by atoms with E-state index in [9.17, 15) is 14.7 Å². The molecule has 0 aromatic heterocycles. The second kappa shape index (κ2) is 10.2. The Hall–Kier alpha value is -3.88. The highest BCUT2D eigenvalue weighted by Crippen LogP contribution is 2.43. The Labute approximate surface area is 206 Å². The van der Waals surface area contributed by atoms with E-state index in [2.05, 4.69) is 24.0 Å². The van der Waals surface area contributed by atoms with E-state index in [0.717, 1.165) is 16.7 Å². The molecule has 0 saturated carbocycles. The largest absolute Gasteiger partial charge is 0.394 e. The molecule has 0 bridgehead atoms. The quantitative estimate of drug-likeness (QED) is 0.591. The molecular formula is C30H28N2O3. The first kappa shape index (κ1) is 22.9. The Morgan fingerprint density at radius 1 is 0.914 bits per heavy atom. The Morgan fingerprint density at radius 3 is 2.23 bits per heavy atom. The molecule has 3 aromatic carbocycles. The first-order valence-corrected chi connectivity index (χ1v) is 12.0. The molecule has 5 rings (SSSR count). The summed E-state index contributed by atoms with van der Waals surface area (Å²) in [5, 5.41) is 10.0. The Morgan fingerprint density at radius 2 is 1.57 bits per heavy atom. The lowest BCUT2D eigenvalue weighted by Gasteiger charge is -2.58. The van der Waals surface area contributed by atoms with Gasteiger partial charge in [0.15, 0.2) is 0 Å². The van der Waals surface area contributed by atoms with E-state index in [1.807, 2.05) is 72.8 Å². The second-order valence-electron chi connectivity index (χ2n) is 9.17. The predicted molar refractivity (Wildman–Crippen MR) is 134 cm³/mol. The number of aliphatic hydroxyl groups is 1. The normalized spacial score (nSPS) is 20.9. The third-order valence-corrected chi connectivity index (χ3v) is 6.97. The molecule has 0 aliphatic carbocycles. The Balaban J connectivity index is 1.28. The lowest BCUT2D eigenvalue weighted by atomic mass is 9.73. The molecular weight excluding hydrogens is 436 g/mol. The lowest BCUT2D eigenvalue weighted by Crippen LogP contribution is -2.73. The molecule has 3 atom stereocenters. The third-order valence-electron chi connectivity index (χ3n) is 6.97. The molecule has 0 spiro atoms. The van der Waals surface area contributed by atoms with Crippen molar-refractivity contribution >= 4 is 11.8 Å². The van der Waals surface area contributed by atoms with Crippen LogP contribution in [-0.4, -0.2) is 58.5 Å². The number of carbonyl (C=O) groups is 2. The molecule has 0 radical (unpaired) electrons. The average Bonchev–Trinajstić information content (AvgIpc) is 2.87. The maximum Gasteiger partial charge on any atom is 0.242 e. The van der Waals surface area contributed by atoms with E-state index in [-0.39, 0.29) is 49.4 Å². The number of fused-ring (bicyclic) bond motifs is 1. The number of amides is 2. The van der Waals surface area contributed by atoms with Crippen LogP contribution in [0.1, 0.15) is 28.2 Å². The number of hydrogen-bond acceptors (Lipinski definition) is 3. The number of nitrogens with zero attached hydrogens (tertiary/aromatic N) is 2. The highest BCUT2D eigenvalue weighted by atomic mass is 16.3. The third kappa shape index (κ3) is 4.84. The van der Waals surface area contributed by atoms with Crippen LogP contribution < -0.4 is 0 Å². The summed E-state index contributed by atoms with van der Waals surface area (Å²) >= 11 is 0. The van der Waals surface area contributed by atoms with Crippen LogP contribution >= 0.6 is 0 Å². The van der Waals surface area contributed by atoms with Crippen LogP contribution in [0.4, 0.5) is 0 Å². The SMILES string of the molecule is O=C(Cc1ccccc1)N1CC(=O)N2[C@H](CO)[C@@H](c3ccc(C#CCc4ccccc4)cc3)[C@H]2C1. The van der Waals surface area contributed by atoms with Crippen LogP contribution in [0.5, 0.6) is 0 Å². The summed E-state index contributed by atoms with van der Waals surface area (Å²) in [4.78, 5) is 29.2. The molecule has 0 unspecified atom stereocenters. The zero-order valence-corrected chi connectivity index (χ0v) is 19.5. The van der Waals surface area contributed by atoms with E-state index < -0.39 is 0 Å². The first-order chi connectivity index (χ1) is 17.1. The van der Waals surface area contributed by atoms with E-state index in [1.54, 1.807) is 9.80 Å². The minimum absolute atomic E-state index is 0.0115. The van der Waals surface area contributed by atoms with Gasteiger partial charge in [0.05, 0.1) is 31.7 Å². The molecule has 1 N–H and O–H groups in total. The van der Waals surface area contributed by atoms with Crippen LogP contribution in [0, 0.1) is 11.8 Å². The van der Waals surface area contributed by atoms with Gasteiger partial charge in [-0.05, 0) is 28.8 Å². The molecule has 3 aromatic rings. The summed E-state index contributed by atoms with van der Waals surface area (Å²) in [6.45, 7) is 0.460. The van der Waals surface area contributed by atoms with Gasteiger partial charge in [0, 0.05) is 24.4 Å². The number of rotatable bonds is 5. The maximum absolute atomic E-state index is 12.9. The predicted octanol–water partition coefficient (Wildman–Crippen LogP) is 3.02. The highest BCUT2D eigenvalue weighted by molar-refractivity contribution is 5.88. The molecule has 2 fully saturated rings. The van der Waals surface area contributed by atoms with Crippen molar-refractivity contribution in [2.24, 2.45) is 0 Å². The van der Waals surface area contributed by atoms with Crippen molar-refractivity contribution in [3.05, 3.63) is 107 Å². The van der Waals surface area contributed by atoms with Gasteiger partial charge in [-0.15, -0.1) is 0 Å². The van der Waals surface area contributed by atoms with Crippen LogP contribution in [0.15, 0.2) is 84.9 Å². The van der Waals surface area contributed by atoms with Crippen molar-refractivity contribution in [3.8, 4) is 11.8 Å². The van der Waals surface area contributed by atoms with Crippen molar-refractivity contribution in [2.45, 2.75) is 30.8 Å². The van der Waals surface area contributed by atoms with Crippen LogP contribution in [0.25, 0.3) is 0 Å².